The standard InChI is InChI=1S/C22H31N3O7S/c1-21(2,3)15-8-10-22(11-9-15)19(27)25(20(28)24-22)14-18(26)32-13-12-31-16-4-6-17(7-5-16)33(23,29)30/h4-7,15H,8-14H2,1-3H3,(H,24,28)(H2,23,29,30). The highest BCUT2D eigenvalue weighted by Gasteiger charge is 2.53. The first-order valence-corrected chi connectivity index (χ1v) is 12.4. The number of hydrogen-bond donors (Lipinski definition) is 2. The average molecular weight is 482 g/mol. The Balaban J connectivity index is 1.45. The van der Waals surface area contributed by atoms with Gasteiger partial charge in [-0.1, -0.05) is 20.8 Å². The van der Waals surface area contributed by atoms with E-state index in [1.54, 1.807) is 0 Å². The highest BCUT2D eigenvalue weighted by Crippen LogP contribution is 2.43. The van der Waals surface area contributed by atoms with Gasteiger partial charge in [-0.15, -0.1) is 0 Å². The van der Waals surface area contributed by atoms with E-state index < -0.39 is 34.1 Å². The maximum atomic E-state index is 13.0. The normalized spacial score (nSPS) is 23.5. The second-order valence-electron chi connectivity index (χ2n) is 9.63. The monoisotopic (exact) mass is 481 g/mol. The fourth-order valence-electron chi connectivity index (χ4n) is 4.35. The van der Waals surface area contributed by atoms with Gasteiger partial charge in [-0.05, 0) is 61.3 Å². The highest BCUT2D eigenvalue weighted by atomic mass is 32.2. The number of nitrogens with one attached hydrogen (secondary N) is 1. The van der Waals surface area contributed by atoms with Crippen molar-refractivity contribution in [1.29, 1.82) is 0 Å². The molecule has 1 aromatic rings. The van der Waals surface area contributed by atoms with Gasteiger partial charge >= 0.3 is 12.0 Å². The Bertz CT molecular complexity index is 1010. The van der Waals surface area contributed by atoms with Gasteiger partial charge < -0.3 is 14.8 Å². The maximum absolute atomic E-state index is 13.0. The second kappa shape index (κ2) is 9.30. The van der Waals surface area contributed by atoms with Crippen molar-refractivity contribution in [2.75, 3.05) is 19.8 Å². The van der Waals surface area contributed by atoms with Gasteiger partial charge in [0, 0.05) is 0 Å². The number of esters is 1. The van der Waals surface area contributed by atoms with Crippen molar-refractivity contribution < 1.29 is 32.3 Å². The van der Waals surface area contributed by atoms with Crippen LogP contribution in [0.25, 0.3) is 0 Å². The highest BCUT2D eigenvalue weighted by molar-refractivity contribution is 7.89. The van der Waals surface area contributed by atoms with E-state index in [4.69, 9.17) is 14.6 Å². The molecule has 0 bridgehead atoms. The number of sulfonamides is 1. The van der Waals surface area contributed by atoms with Gasteiger partial charge in [0.25, 0.3) is 5.91 Å². The summed E-state index contributed by atoms with van der Waals surface area (Å²) >= 11 is 0. The number of amides is 3. The molecule has 1 aliphatic heterocycles. The first kappa shape index (κ1) is 25.0. The number of carbonyl (C=O) groups is 3. The summed E-state index contributed by atoms with van der Waals surface area (Å²) in [5.74, 6) is -0.238. The van der Waals surface area contributed by atoms with Crippen LogP contribution in [-0.2, 0) is 24.3 Å². The maximum Gasteiger partial charge on any atom is 0.326 e. The van der Waals surface area contributed by atoms with Gasteiger partial charge in [-0.2, -0.15) is 0 Å². The number of imide groups is 1. The number of primary sulfonamides is 1. The van der Waals surface area contributed by atoms with Crippen LogP contribution in [0.15, 0.2) is 29.2 Å². The molecule has 1 spiro atoms. The number of benzene rings is 1. The Hall–Kier alpha value is -2.66. The van der Waals surface area contributed by atoms with Crippen LogP contribution in [0.1, 0.15) is 46.5 Å². The third-order valence-corrected chi connectivity index (χ3v) is 7.29. The van der Waals surface area contributed by atoms with E-state index in [1.807, 2.05) is 0 Å². The first-order chi connectivity index (χ1) is 15.3. The Labute approximate surface area is 193 Å². The minimum absolute atomic E-state index is 0.0126. The predicted molar refractivity (Wildman–Crippen MR) is 119 cm³/mol. The Morgan fingerprint density at radius 3 is 2.30 bits per heavy atom. The average Bonchev–Trinajstić information content (AvgIpc) is 2.94. The molecule has 11 heteroatoms. The lowest BCUT2D eigenvalue weighted by molar-refractivity contribution is -0.148. The summed E-state index contributed by atoms with van der Waals surface area (Å²) in [4.78, 5) is 38.4. The van der Waals surface area contributed by atoms with E-state index in [0.717, 1.165) is 17.7 Å². The summed E-state index contributed by atoms with van der Waals surface area (Å²) in [6.45, 7) is 5.98. The minimum Gasteiger partial charge on any atom is -0.490 e. The van der Waals surface area contributed by atoms with Crippen molar-refractivity contribution >= 4 is 27.9 Å². The predicted octanol–water partition coefficient (Wildman–Crippen LogP) is 1.78. The molecule has 3 rings (SSSR count). The largest absolute Gasteiger partial charge is 0.490 e. The fourth-order valence-corrected chi connectivity index (χ4v) is 4.87. The molecule has 182 valence electrons. The van der Waals surface area contributed by atoms with Crippen LogP contribution in [0.5, 0.6) is 5.75 Å². The van der Waals surface area contributed by atoms with Gasteiger partial charge in [0.15, 0.2) is 0 Å². The lowest BCUT2D eigenvalue weighted by Gasteiger charge is -2.40. The SMILES string of the molecule is CC(C)(C)C1CCC2(CC1)NC(=O)N(CC(=O)OCCOc1ccc(S(N)(=O)=O)cc1)C2=O. The number of urea groups is 1. The van der Waals surface area contributed by atoms with Crippen molar-refractivity contribution in [3.8, 4) is 5.75 Å². The molecule has 0 unspecified atom stereocenters. The first-order valence-electron chi connectivity index (χ1n) is 10.9. The van der Waals surface area contributed by atoms with Crippen molar-refractivity contribution in [2.24, 2.45) is 16.5 Å². The number of carbonyl (C=O) groups excluding carboxylic acids is 3. The molecule has 0 atom stereocenters. The van der Waals surface area contributed by atoms with E-state index in [9.17, 15) is 22.8 Å². The number of hydrogen-bond acceptors (Lipinski definition) is 7. The molecule has 33 heavy (non-hydrogen) atoms. The summed E-state index contributed by atoms with van der Waals surface area (Å²) in [6.07, 6.45) is 2.79. The number of nitrogens with zero attached hydrogens (tertiary/aromatic N) is 1. The quantitative estimate of drug-likeness (QED) is 0.343. The lowest BCUT2D eigenvalue weighted by Crippen LogP contribution is -2.50. The van der Waals surface area contributed by atoms with E-state index in [2.05, 4.69) is 26.1 Å². The molecule has 0 aromatic heterocycles. The van der Waals surface area contributed by atoms with Crippen LogP contribution in [0.3, 0.4) is 0 Å². The van der Waals surface area contributed by atoms with Gasteiger partial charge in [-0.25, -0.2) is 18.4 Å². The molecule has 1 aromatic carbocycles. The zero-order valence-electron chi connectivity index (χ0n) is 19.1. The number of rotatable bonds is 7. The molecule has 0 radical (unpaired) electrons. The molecular weight excluding hydrogens is 450 g/mol. The molecule has 2 aliphatic rings. The summed E-state index contributed by atoms with van der Waals surface area (Å²) in [7, 11) is -3.79. The molecule has 1 saturated carbocycles. The molecule has 10 nitrogen and oxygen atoms in total. The van der Waals surface area contributed by atoms with Crippen LogP contribution < -0.4 is 15.2 Å². The fraction of sp³-hybridized carbons (Fsp3) is 0.591. The van der Waals surface area contributed by atoms with Crippen molar-refractivity contribution in [3.05, 3.63) is 24.3 Å². The summed E-state index contributed by atoms with van der Waals surface area (Å²) in [6, 6.07) is 4.90. The van der Waals surface area contributed by atoms with Gasteiger partial charge in [0.2, 0.25) is 10.0 Å². The summed E-state index contributed by atoms with van der Waals surface area (Å²) < 4.78 is 33.0. The number of nitrogens with two attached hydrogens (primary N) is 1. The molecular formula is C22H31N3O7S. The topological polar surface area (TPSA) is 145 Å². The van der Waals surface area contributed by atoms with Crippen molar-refractivity contribution in [1.82, 2.24) is 10.2 Å². The molecule has 2 fully saturated rings. The molecule has 3 amide bonds. The van der Waals surface area contributed by atoms with E-state index >= 15 is 0 Å². The third kappa shape index (κ3) is 5.83. The van der Waals surface area contributed by atoms with Crippen LogP contribution in [0, 0.1) is 11.3 Å². The smallest absolute Gasteiger partial charge is 0.326 e. The molecule has 1 aliphatic carbocycles. The Kier molecular flexibility index (Phi) is 7.04. The Morgan fingerprint density at radius 2 is 1.76 bits per heavy atom. The lowest BCUT2D eigenvalue weighted by atomic mass is 9.67. The Morgan fingerprint density at radius 1 is 1.15 bits per heavy atom. The summed E-state index contributed by atoms with van der Waals surface area (Å²) in [5.41, 5.74) is -0.783. The van der Waals surface area contributed by atoms with Gasteiger partial charge in [0.05, 0.1) is 4.90 Å². The molecule has 1 heterocycles. The zero-order valence-corrected chi connectivity index (χ0v) is 19.9. The van der Waals surface area contributed by atoms with Gasteiger partial charge in [-0.3, -0.25) is 14.5 Å². The third-order valence-electron chi connectivity index (χ3n) is 6.36. The van der Waals surface area contributed by atoms with Crippen molar-refractivity contribution in [3.63, 3.8) is 0 Å². The van der Waals surface area contributed by atoms with Crippen LogP contribution in [0.2, 0.25) is 0 Å². The number of ether oxygens (including phenoxy) is 2. The van der Waals surface area contributed by atoms with E-state index in [-0.39, 0.29) is 29.4 Å². The summed E-state index contributed by atoms with van der Waals surface area (Å²) in [5, 5.41) is 7.84. The van der Waals surface area contributed by atoms with Gasteiger partial charge in [0.1, 0.15) is 31.0 Å². The molecule has 3 N–H and O–H groups in total. The van der Waals surface area contributed by atoms with E-state index in [0.29, 0.717) is 24.5 Å². The van der Waals surface area contributed by atoms with Crippen molar-refractivity contribution in [2.45, 2.75) is 56.9 Å². The van der Waals surface area contributed by atoms with Crippen LogP contribution in [0.4, 0.5) is 4.79 Å². The molecule has 1 saturated heterocycles. The zero-order chi connectivity index (χ0) is 24.4. The van der Waals surface area contributed by atoms with Crippen LogP contribution >= 0.6 is 0 Å². The second-order valence-corrected chi connectivity index (χ2v) is 11.2. The van der Waals surface area contributed by atoms with E-state index in [1.165, 1.54) is 24.3 Å². The minimum atomic E-state index is -3.79. The van der Waals surface area contributed by atoms with Crippen LogP contribution in [-0.4, -0.2) is 56.5 Å².